The third-order valence-corrected chi connectivity index (χ3v) is 1.85. The lowest BCUT2D eigenvalue weighted by molar-refractivity contribution is 0.584. The highest BCUT2D eigenvalue weighted by Gasteiger charge is 2.09. The molecule has 0 radical (unpaired) electrons. The highest BCUT2D eigenvalue weighted by Crippen LogP contribution is 2.18. The van der Waals surface area contributed by atoms with E-state index < -0.39 is 11.9 Å². The lowest BCUT2D eigenvalue weighted by Crippen LogP contribution is -2.21. The molecule has 0 unspecified atom stereocenters. The van der Waals surface area contributed by atoms with Crippen molar-refractivity contribution in [1.82, 2.24) is 0 Å². The Labute approximate surface area is 75.3 Å². The second-order valence-corrected chi connectivity index (χ2v) is 2.94. The fourth-order valence-electron chi connectivity index (χ4n) is 0.929. The fourth-order valence-corrected chi connectivity index (χ4v) is 1.09. The lowest BCUT2D eigenvalue weighted by atomic mass is 10.1. The van der Waals surface area contributed by atoms with E-state index in [0.717, 1.165) is 0 Å². The van der Waals surface area contributed by atoms with E-state index in [9.17, 15) is 4.39 Å². The molecule has 0 bridgehead atoms. The molecule has 0 aliphatic heterocycles. The second-order valence-electron chi connectivity index (χ2n) is 2.51. The predicted octanol–water partition coefficient (Wildman–Crippen LogP) is 1.44. The number of benzene rings is 1. The van der Waals surface area contributed by atoms with Gasteiger partial charge >= 0.3 is 0 Å². The van der Waals surface area contributed by atoms with Gasteiger partial charge in [-0.1, -0.05) is 17.7 Å². The first-order chi connectivity index (χ1) is 5.65. The van der Waals surface area contributed by atoms with Crippen LogP contribution in [0.1, 0.15) is 11.6 Å². The summed E-state index contributed by atoms with van der Waals surface area (Å²) in [4.78, 5) is 0. The smallest absolute Gasteiger partial charge is 0.129 e. The van der Waals surface area contributed by atoms with Gasteiger partial charge in [-0.05, 0) is 12.1 Å². The van der Waals surface area contributed by atoms with Gasteiger partial charge in [0.25, 0.3) is 0 Å². The maximum atomic E-state index is 13.1. The molecule has 0 saturated carbocycles. The molecule has 0 fully saturated rings. The van der Waals surface area contributed by atoms with E-state index >= 15 is 0 Å². The summed E-state index contributed by atoms with van der Waals surface area (Å²) in [6, 6.07) is 3.92. The van der Waals surface area contributed by atoms with E-state index in [1.165, 1.54) is 6.07 Å². The summed E-state index contributed by atoms with van der Waals surface area (Å²) in [7, 11) is 0. The summed E-state index contributed by atoms with van der Waals surface area (Å²) in [6.45, 7) is 0.221. The van der Waals surface area contributed by atoms with E-state index in [2.05, 4.69) is 0 Å². The van der Waals surface area contributed by atoms with Crippen molar-refractivity contribution >= 4 is 11.6 Å². The number of hydrogen-bond acceptors (Lipinski definition) is 2. The largest absolute Gasteiger partial charge is 0.329 e. The van der Waals surface area contributed by atoms with Crippen molar-refractivity contribution in [2.75, 3.05) is 6.54 Å². The second kappa shape index (κ2) is 3.85. The normalized spacial score (nSPS) is 13.0. The van der Waals surface area contributed by atoms with Crippen LogP contribution in [0.25, 0.3) is 0 Å². The van der Waals surface area contributed by atoms with Crippen molar-refractivity contribution in [3.63, 3.8) is 0 Å². The molecule has 0 aromatic heterocycles. The fraction of sp³-hybridized carbons (Fsp3) is 0.250. The first kappa shape index (κ1) is 9.45. The van der Waals surface area contributed by atoms with Crippen LogP contribution in [-0.4, -0.2) is 6.54 Å². The van der Waals surface area contributed by atoms with Gasteiger partial charge in [-0.2, -0.15) is 0 Å². The van der Waals surface area contributed by atoms with Crippen molar-refractivity contribution in [3.05, 3.63) is 34.6 Å². The quantitative estimate of drug-likeness (QED) is 0.738. The summed E-state index contributed by atoms with van der Waals surface area (Å²) in [5.41, 5.74) is 11.2. The Kier molecular flexibility index (Phi) is 3.03. The standard InChI is InChI=1S/C8H10ClFN2/c9-5-1-2-6(7(10)3-5)8(12)4-11/h1-3,8H,4,11-12H2/t8-/m0/s1. The minimum Gasteiger partial charge on any atom is -0.329 e. The topological polar surface area (TPSA) is 52.0 Å². The Balaban J connectivity index is 3.01. The van der Waals surface area contributed by atoms with E-state index in [1.54, 1.807) is 12.1 Å². The summed E-state index contributed by atoms with van der Waals surface area (Å²) in [5.74, 6) is -0.402. The highest BCUT2D eigenvalue weighted by atomic mass is 35.5. The van der Waals surface area contributed by atoms with Crippen LogP contribution >= 0.6 is 11.6 Å². The average molecular weight is 189 g/mol. The van der Waals surface area contributed by atoms with Gasteiger partial charge in [-0.25, -0.2) is 4.39 Å². The molecular formula is C8H10ClFN2. The van der Waals surface area contributed by atoms with Crippen LogP contribution in [0.3, 0.4) is 0 Å². The minimum absolute atomic E-state index is 0.221. The van der Waals surface area contributed by atoms with Gasteiger partial charge in [-0.15, -0.1) is 0 Å². The molecule has 12 heavy (non-hydrogen) atoms. The van der Waals surface area contributed by atoms with Crippen molar-refractivity contribution in [2.45, 2.75) is 6.04 Å². The van der Waals surface area contributed by atoms with Crippen LogP contribution in [0.4, 0.5) is 4.39 Å². The van der Waals surface area contributed by atoms with E-state index in [4.69, 9.17) is 23.1 Å². The molecule has 0 spiro atoms. The van der Waals surface area contributed by atoms with Crippen LogP contribution in [0.15, 0.2) is 18.2 Å². The molecule has 0 saturated heterocycles. The average Bonchev–Trinajstić information content (AvgIpc) is 2.03. The van der Waals surface area contributed by atoms with Crippen molar-refractivity contribution in [3.8, 4) is 0 Å². The Morgan fingerprint density at radius 1 is 1.50 bits per heavy atom. The van der Waals surface area contributed by atoms with Crippen LogP contribution < -0.4 is 11.5 Å². The number of hydrogen-bond donors (Lipinski definition) is 2. The van der Waals surface area contributed by atoms with E-state index in [0.29, 0.717) is 10.6 Å². The zero-order valence-electron chi connectivity index (χ0n) is 6.43. The Hall–Kier alpha value is -0.640. The lowest BCUT2D eigenvalue weighted by Gasteiger charge is -2.09. The van der Waals surface area contributed by atoms with Gasteiger partial charge < -0.3 is 11.5 Å². The van der Waals surface area contributed by atoms with Crippen molar-refractivity contribution in [1.29, 1.82) is 0 Å². The number of halogens is 2. The van der Waals surface area contributed by atoms with Crippen LogP contribution in [0.2, 0.25) is 5.02 Å². The third kappa shape index (κ3) is 1.94. The number of rotatable bonds is 2. The first-order valence-corrected chi connectivity index (χ1v) is 3.93. The SMILES string of the molecule is NC[C@H](N)c1ccc(Cl)cc1F. The Bertz CT molecular complexity index is 278. The van der Waals surface area contributed by atoms with Crippen molar-refractivity contribution < 1.29 is 4.39 Å². The summed E-state index contributed by atoms with van der Waals surface area (Å²) >= 11 is 5.55. The Morgan fingerprint density at radius 3 is 2.67 bits per heavy atom. The molecule has 1 atom stereocenters. The zero-order chi connectivity index (χ0) is 9.14. The molecule has 1 aromatic carbocycles. The van der Waals surface area contributed by atoms with Crippen LogP contribution in [0, 0.1) is 5.82 Å². The molecule has 0 aliphatic carbocycles. The third-order valence-electron chi connectivity index (χ3n) is 1.62. The molecule has 1 aromatic rings. The summed E-state index contributed by atoms with van der Waals surface area (Å²) in [5, 5.41) is 0.362. The molecule has 2 nitrogen and oxygen atoms in total. The molecule has 66 valence electrons. The van der Waals surface area contributed by atoms with Gasteiger partial charge in [0, 0.05) is 23.2 Å². The first-order valence-electron chi connectivity index (χ1n) is 3.55. The molecular weight excluding hydrogens is 179 g/mol. The van der Waals surface area contributed by atoms with E-state index in [1.807, 2.05) is 0 Å². The molecule has 0 heterocycles. The van der Waals surface area contributed by atoms with E-state index in [-0.39, 0.29) is 6.54 Å². The molecule has 0 amide bonds. The van der Waals surface area contributed by atoms with Crippen LogP contribution in [0.5, 0.6) is 0 Å². The maximum absolute atomic E-state index is 13.1. The summed E-state index contributed by atoms with van der Waals surface area (Å²) in [6.07, 6.45) is 0. The maximum Gasteiger partial charge on any atom is 0.129 e. The molecule has 0 aliphatic rings. The minimum atomic E-state index is -0.456. The molecule has 4 heteroatoms. The van der Waals surface area contributed by atoms with Gasteiger partial charge in [-0.3, -0.25) is 0 Å². The Morgan fingerprint density at radius 2 is 2.17 bits per heavy atom. The van der Waals surface area contributed by atoms with Gasteiger partial charge in [0.2, 0.25) is 0 Å². The highest BCUT2D eigenvalue weighted by molar-refractivity contribution is 6.30. The molecule has 4 N–H and O–H groups in total. The van der Waals surface area contributed by atoms with Gasteiger partial charge in [0.15, 0.2) is 0 Å². The van der Waals surface area contributed by atoms with Gasteiger partial charge in [0.1, 0.15) is 5.82 Å². The predicted molar refractivity (Wildman–Crippen MR) is 47.4 cm³/mol. The van der Waals surface area contributed by atoms with Crippen LogP contribution in [-0.2, 0) is 0 Å². The molecule has 1 rings (SSSR count). The summed E-state index contributed by atoms with van der Waals surface area (Å²) < 4.78 is 13.1. The zero-order valence-corrected chi connectivity index (χ0v) is 7.18. The monoisotopic (exact) mass is 188 g/mol. The number of nitrogens with two attached hydrogens (primary N) is 2. The van der Waals surface area contributed by atoms with Gasteiger partial charge in [0.05, 0.1) is 0 Å². The van der Waals surface area contributed by atoms with Crippen molar-refractivity contribution in [2.24, 2.45) is 11.5 Å².